The second-order valence-electron chi connectivity index (χ2n) is 5.24. The summed E-state index contributed by atoms with van der Waals surface area (Å²) in [5, 5.41) is 0. The highest BCUT2D eigenvalue weighted by atomic mass is 16.6. The van der Waals surface area contributed by atoms with Crippen LogP contribution in [0.3, 0.4) is 0 Å². The maximum atomic E-state index is 11.2. The summed E-state index contributed by atoms with van der Waals surface area (Å²) in [6.45, 7) is 2.94. The third-order valence-electron chi connectivity index (χ3n) is 3.24. The third kappa shape index (κ3) is 4.72. The topological polar surface area (TPSA) is 57.3 Å². The standard InChI is InChI=1S/C18H18O5/c1-13(19)23-17-8-7-15(9-18(17)22-12-16-11-21-16)20-10-14-5-3-2-4-6-14/h2-9,16H,10-12H2,1H3. The van der Waals surface area contributed by atoms with Gasteiger partial charge in [-0.15, -0.1) is 0 Å². The zero-order chi connectivity index (χ0) is 16.1. The summed E-state index contributed by atoms with van der Waals surface area (Å²) >= 11 is 0. The molecule has 2 aromatic carbocycles. The highest BCUT2D eigenvalue weighted by Gasteiger charge is 2.24. The summed E-state index contributed by atoms with van der Waals surface area (Å²) in [6.07, 6.45) is 0.120. The number of hydrogen-bond acceptors (Lipinski definition) is 5. The van der Waals surface area contributed by atoms with Crippen molar-refractivity contribution in [1.29, 1.82) is 0 Å². The molecule has 3 rings (SSSR count). The van der Waals surface area contributed by atoms with Gasteiger partial charge in [-0.3, -0.25) is 4.79 Å². The molecule has 1 aliphatic rings. The van der Waals surface area contributed by atoms with Crippen LogP contribution in [-0.4, -0.2) is 25.3 Å². The van der Waals surface area contributed by atoms with E-state index in [0.717, 1.165) is 5.56 Å². The number of esters is 1. The molecule has 1 heterocycles. The molecule has 1 saturated heterocycles. The van der Waals surface area contributed by atoms with Gasteiger partial charge in [0.05, 0.1) is 6.61 Å². The summed E-state index contributed by atoms with van der Waals surface area (Å²) in [4.78, 5) is 11.2. The fraction of sp³-hybridized carbons (Fsp3) is 0.278. The molecule has 0 N–H and O–H groups in total. The van der Waals surface area contributed by atoms with E-state index in [2.05, 4.69) is 0 Å². The number of carbonyl (C=O) groups excluding carboxylic acids is 1. The molecule has 0 radical (unpaired) electrons. The lowest BCUT2D eigenvalue weighted by molar-refractivity contribution is -0.132. The van der Waals surface area contributed by atoms with Crippen LogP contribution in [0, 0.1) is 0 Å². The Hall–Kier alpha value is -2.53. The molecule has 0 spiro atoms. The van der Waals surface area contributed by atoms with E-state index in [0.29, 0.717) is 37.1 Å². The van der Waals surface area contributed by atoms with Gasteiger partial charge in [0.25, 0.3) is 0 Å². The molecule has 0 bridgehead atoms. The highest BCUT2D eigenvalue weighted by Crippen LogP contribution is 2.32. The SMILES string of the molecule is CC(=O)Oc1ccc(OCc2ccccc2)cc1OCC1CO1. The van der Waals surface area contributed by atoms with Crippen molar-refractivity contribution in [1.82, 2.24) is 0 Å². The summed E-state index contributed by atoms with van der Waals surface area (Å²) in [6, 6.07) is 15.0. The van der Waals surface area contributed by atoms with Crippen LogP contribution in [0.15, 0.2) is 48.5 Å². The highest BCUT2D eigenvalue weighted by molar-refractivity contribution is 5.70. The summed E-state index contributed by atoms with van der Waals surface area (Å²) in [7, 11) is 0. The Morgan fingerprint density at radius 1 is 1.13 bits per heavy atom. The minimum atomic E-state index is -0.393. The van der Waals surface area contributed by atoms with Gasteiger partial charge in [-0.05, 0) is 17.7 Å². The molecule has 1 fully saturated rings. The first-order valence-electron chi connectivity index (χ1n) is 7.44. The molecule has 120 valence electrons. The number of ether oxygens (including phenoxy) is 4. The third-order valence-corrected chi connectivity index (χ3v) is 3.24. The van der Waals surface area contributed by atoms with Gasteiger partial charge in [-0.25, -0.2) is 0 Å². The van der Waals surface area contributed by atoms with Crippen LogP contribution in [-0.2, 0) is 16.1 Å². The van der Waals surface area contributed by atoms with E-state index in [1.165, 1.54) is 6.92 Å². The number of epoxide rings is 1. The number of benzene rings is 2. The Balaban J connectivity index is 1.69. The number of rotatable bonds is 7. The quantitative estimate of drug-likeness (QED) is 0.447. The van der Waals surface area contributed by atoms with Gasteiger partial charge >= 0.3 is 5.97 Å². The maximum absolute atomic E-state index is 11.2. The predicted molar refractivity (Wildman–Crippen MR) is 83.8 cm³/mol. The van der Waals surface area contributed by atoms with Crippen LogP contribution in [0.25, 0.3) is 0 Å². The molecule has 2 aromatic rings. The van der Waals surface area contributed by atoms with Crippen LogP contribution >= 0.6 is 0 Å². The first-order chi connectivity index (χ1) is 11.2. The average Bonchev–Trinajstić information content (AvgIpc) is 3.37. The second kappa shape index (κ2) is 7.15. The summed E-state index contributed by atoms with van der Waals surface area (Å²) in [5.74, 6) is 1.11. The smallest absolute Gasteiger partial charge is 0.308 e. The predicted octanol–water partition coefficient (Wildman–Crippen LogP) is 2.97. The van der Waals surface area contributed by atoms with Gasteiger partial charge in [0.15, 0.2) is 11.5 Å². The van der Waals surface area contributed by atoms with Crippen molar-refractivity contribution in [2.45, 2.75) is 19.6 Å². The Kier molecular flexibility index (Phi) is 4.78. The van der Waals surface area contributed by atoms with E-state index in [4.69, 9.17) is 18.9 Å². The number of hydrogen-bond donors (Lipinski definition) is 0. The molecule has 0 aromatic heterocycles. The minimum absolute atomic E-state index is 0.120. The van der Waals surface area contributed by atoms with Gasteiger partial charge in [-0.2, -0.15) is 0 Å². The van der Waals surface area contributed by atoms with Crippen LogP contribution < -0.4 is 14.2 Å². The van der Waals surface area contributed by atoms with Crippen molar-refractivity contribution in [3.63, 3.8) is 0 Å². The van der Waals surface area contributed by atoms with E-state index in [9.17, 15) is 4.79 Å². The molecule has 0 amide bonds. The van der Waals surface area contributed by atoms with Crippen LogP contribution in [0.2, 0.25) is 0 Å². The lowest BCUT2D eigenvalue weighted by atomic mass is 10.2. The van der Waals surface area contributed by atoms with Gasteiger partial charge in [0, 0.05) is 13.0 Å². The van der Waals surface area contributed by atoms with E-state index in [1.807, 2.05) is 30.3 Å². The largest absolute Gasteiger partial charge is 0.489 e. The molecule has 0 aliphatic carbocycles. The van der Waals surface area contributed by atoms with E-state index < -0.39 is 5.97 Å². The summed E-state index contributed by atoms with van der Waals surface area (Å²) < 4.78 is 21.7. The molecule has 1 unspecified atom stereocenters. The molecular formula is C18H18O5. The lowest BCUT2D eigenvalue weighted by Gasteiger charge is -2.13. The fourth-order valence-electron chi connectivity index (χ4n) is 2.02. The Bertz CT molecular complexity index is 664. The van der Waals surface area contributed by atoms with Crippen molar-refractivity contribution < 1.29 is 23.7 Å². The molecular weight excluding hydrogens is 296 g/mol. The van der Waals surface area contributed by atoms with Crippen LogP contribution in [0.1, 0.15) is 12.5 Å². The van der Waals surface area contributed by atoms with Crippen molar-refractivity contribution in [2.75, 3.05) is 13.2 Å². The molecule has 5 heteroatoms. The normalized spacial score (nSPS) is 15.8. The second-order valence-corrected chi connectivity index (χ2v) is 5.24. The van der Waals surface area contributed by atoms with Crippen molar-refractivity contribution in [3.8, 4) is 17.2 Å². The average molecular weight is 314 g/mol. The van der Waals surface area contributed by atoms with Gasteiger partial charge in [0.2, 0.25) is 0 Å². The summed E-state index contributed by atoms with van der Waals surface area (Å²) in [5.41, 5.74) is 1.07. The maximum Gasteiger partial charge on any atom is 0.308 e. The lowest BCUT2D eigenvalue weighted by Crippen LogP contribution is -2.08. The monoisotopic (exact) mass is 314 g/mol. The van der Waals surface area contributed by atoms with Gasteiger partial charge in [-0.1, -0.05) is 30.3 Å². The Morgan fingerprint density at radius 3 is 2.61 bits per heavy atom. The van der Waals surface area contributed by atoms with Gasteiger partial charge < -0.3 is 18.9 Å². The van der Waals surface area contributed by atoms with E-state index >= 15 is 0 Å². The Morgan fingerprint density at radius 2 is 1.91 bits per heavy atom. The molecule has 0 saturated carbocycles. The van der Waals surface area contributed by atoms with Crippen molar-refractivity contribution in [2.24, 2.45) is 0 Å². The van der Waals surface area contributed by atoms with Crippen molar-refractivity contribution in [3.05, 3.63) is 54.1 Å². The zero-order valence-corrected chi connectivity index (χ0v) is 12.9. The molecule has 1 atom stereocenters. The fourth-order valence-corrected chi connectivity index (χ4v) is 2.02. The minimum Gasteiger partial charge on any atom is -0.489 e. The van der Waals surface area contributed by atoms with E-state index in [1.54, 1.807) is 18.2 Å². The van der Waals surface area contributed by atoms with E-state index in [-0.39, 0.29) is 6.10 Å². The van der Waals surface area contributed by atoms with Crippen LogP contribution in [0.5, 0.6) is 17.2 Å². The number of carbonyl (C=O) groups is 1. The molecule has 23 heavy (non-hydrogen) atoms. The molecule has 1 aliphatic heterocycles. The van der Waals surface area contributed by atoms with Crippen LogP contribution in [0.4, 0.5) is 0 Å². The van der Waals surface area contributed by atoms with Crippen molar-refractivity contribution >= 4 is 5.97 Å². The first kappa shape index (κ1) is 15.4. The first-order valence-corrected chi connectivity index (χ1v) is 7.44. The zero-order valence-electron chi connectivity index (χ0n) is 12.9. The Labute approximate surface area is 134 Å². The molecule has 5 nitrogen and oxygen atoms in total. The van der Waals surface area contributed by atoms with Gasteiger partial charge in [0.1, 0.15) is 25.1 Å².